The standard InChI is InChI=1S/C12H12ClN5O3/c1-3-17-9(8(13)6-14-17)4-5-11(19)12-10(18(20)21)7-16(2)15-12/h4-7H,3H2,1-2H3/b5-4+. The minimum atomic E-state index is -0.642. The summed E-state index contributed by atoms with van der Waals surface area (Å²) in [6.07, 6.45) is 5.33. The molecule has 0 atom stereocenters. The van der Waals surface area contributed by atoms with Gasteiger partial charge in [0.1, 0.15) is 6.20 Å². The van der Waals surface area contributed by atoms with Gasteiger partial charge in [-0.2, -0.15) is 10.2 Å². The van der Waals surface area contributed by atoms with E-state index in [0.29, 0.717) is 17.3 Å². The van der Waals surface area contributed by atoms with Gasteiger partial charge in [0.05, 0.1) is 21.8 Å². The van der Waals surface area contributed by atoms with E-state index in [2.05, 4.69) is 10.2 Å². The van der Waals surface area contributed by atoms with Gasteiger partial charge in [-0.3, -0.25) is 24.3 Å². The molecule has 110 valence electrons. The van der Waals surface area contributed by atoms with E-state index < -0.39 is 10.7 Å². The summed E-state index contributed by atoms with van der Waals surface area (Å²) in [6.45, 7) is 2.47. The van der Waals surface area contributed by atoms with Crippen LogP contribution in [0.4, 0.5) is 5.69 Å². The van der Waals surface area contributed by atoms with Crippen LogP contribution in [0.3, 0.4) is 0 Å². The summed E-state index contributed by atoms with van der Waals surface area (Å²) in [7, 11) is 1.51. The zero-order chi connectivity index (χ0) is 15.6. The molecule has 0 fully saturated rings. The topological polar surface area (TPSA) is 95.8 Å². The number of aromatic nitrogens is 4. The second-order valence-electron chi connectivity index (χ2n) is 4.18. The van der Waals surface area contributed by atoms with Crippen molar-refractivity contribution in [2.75, 3.05) is 0 Å². The number of ketones is 1. The molecule has 2 aromatic heterocycles. The number of aryl methyl sites for hydroxylation is 2. The summed E-state index contributed by atoms with van der Waals surface area (Å²) < 4.78 is 2.83. The zero-order valence-corrected chi connectivity index (χ0v) is 12.1. The second-order valence-corrected chi connectivity index (χ2v) is 4.59. The Kier molecular flexibility index (Phi) is 4.18. The Hall–Kier alpha value is -2.48. The van der Waals surface area contributed by atoms with E-state index >= 15 is 0 Å². The monoisotopic (exact) mass is 309 g/mol. The highest BCUT2D eigenvalue weighted by molar-refractivity contribution is 6.31. The van der Waals surface area contributed by atoms with Crippen LogP contribution < -0.4 is 0 Å². The van der Waals surface area contributed by atoms with Crippen molar-refractivity contribution in [3.05, 3.63) is 45.0 Å². The van der Waals surface area contributed by atoms with E-state index in [1.165, 1.54) is 36.3 Å². The first-order chi connectivity index (χ1) is 9.93. The molecule has 8 nitrogen and oxygen atoms in total. The minimum absolute atomic E-state index is 0.211. The summed E-state index contributed by atoms with van der Waals surface area (Å²) >= 11 is 5.97. The molecule has 0 saturated heterocycles. The molecule has 0 spiro atoms. The number of allylic oxidation sites excluding steroid dienone is 1. The van der Waals surface area contributed by atoms with E-state index in [4.69, 9.17) is 11.6 Å². The van der Waals surface area contributed by atoms with Crippen molar-refractivity contribution in [1.82, 2.24) is 19.6 Å². The smallest absolute Gasteiger partial charge is 0.287 e. The summed E-state index contributed by atoms with van der Waals surface area (Å²) in [5.41, 5.74) is 0.0192. The van der Waals surface area contributed by atoms with Crippen molar-refractivity contribution in [3.63, 3.8) is 0 Å². The number of carbonyl (C=O) groups is 1. The first kappa shape index (κ1) is 14.9. The highest BCUT2D eigenvalue weighted by Gasteiger charge is 2.23. The zero-order valence-electron chi connectivity index (χ0n) is 11.4. The number of carbonyl (C=O) groups excluding carboxylic acids is 1. The van der Waals surface area contributed by atoms with Crippen molar-refractivity contribution >= 4 is 29.1 Å². The molecular formula is C12H12ClN5O3. The number of hydrogen-bond acceptors (Lipinski definition) is 5. The predicted octanol–water partition coefficient (Wildman–Crippen LogP) is 2.09. The summed E-state index contributed by atoms with van der Waals surface area (Å²) in [5, 5.41) is 19.1. The third-order valence-corrected chi connectivity index (χ3v) is 3.06. The molecule has 0 aliphatic heterocycles. The maximum absolute atomic E-state index is 12.0. The minimum Gasteiger partial charge on any atom is -0.287 e. The van der Waals surface area contributed by atoms with Crippen molar-refractivity contribution in [3.8, 4) is 0 Å². The van der Waals surface area contributed by atoms with Gasteiger partial charge in [0, 0.05) is 13.6 Å². The van der Waals surface area contributed by atoms with Gasteiger partial charge < -0.3 is 0 Å². The van der Waals surface area contributed by atoms with Gasteiger partial charge in [-0.25, -0.2) is 0 Å². The van der Waals surface area contributed by atoms with Gasteiger partial charge >= 0.3 is 5.69 Å². The fraction of sp³-hybridized carbons (Fsp3) is 0.250. The van der Waals surface area contributed by atoms with Crippen LogP contribution >= 0.6 is 11.6 Å². The van der Waals surface area contributed by atoms with Crippen LogP contribution in [-0.4, -0.2) is 30.3 Å². The molecule has 0 aliphatic rings. The lowest BCUT2D eigenvalue weighted by atomic mass is 10.2. The van der Waals surface area contributed by atoms with Crippen molar-refractivity contribution < 1.29 is 9.72 Å². The molecule has 0 aromatic carbocycles. The summed E-state index contributed by atoms with van der Waals surface area (Å²) in [5.74, 6) is -0.567. The fourth-order valence-electron chi connectivity index (χ4n) is 1.81. The molecule has 0 N–H and O–H groups in total. The molecule has 9 heteroatoms. The normalized spacial score (nSPS) is 11.2. The van der Waals surface area contributed by atoms with Gasteiger partial charge in [-0.15, -0.1) is 0 Å². The summed E-state index contributed by atoms with van der Waals surface area (Å²) in [4.78, 5) is 22.3. The largest absolute Gasteiger partial charge is 0.318 e. The van der Waals surface area contributed by atoms with Crippen LogP contribution in [0.2, 0.25) is 5.02 Å². The molecule has 0 aliphatic carbocycles. The molecule has 0 bridgehead atoms. The third kappa shape index (κ3) is 3.00. The molecule has 0 radical (unpaired) electrons. The van der Waals surface area contributed by atoms with Gasteiger partial charge in [0.25, 0.3) is 0 Å². The lowest BCUT2D eigenvalue weighted by Crippen LogP contribution is -2.02. The van der Waals surface area contributed by atoms with Crippen molar-refractivity contribution in [2.24, 2.45) is 7.05 Å². The van der Waals surface area contributed by atoms with E-state index in [0.717, 1.165) is 0 Å². The van der Waals surface area contributed by atoms with Crippen LogP contribution in [0, 0.1) is 10.1 Å². The highest BCUT2D eigenvalue weighted by Crippen LogP contribution is 2.19. The Labute approximate surface area is 124 Å². The van der Waals surface area contributed by atoms with Gasteiger partial charge in [-0.1, -0.05) is 11.6 Å². The number of rotatable bonds is 5. The maximum atomic E-state index is 12.0. The van der Waals surface area contributed by atoms with Crippen LogP contribution in [-0.2, 0) is 13.6 Å². The van der Waals surface area contributed by atoms with Crippen LogP contribution in [0.25, 0.3) is 6.08 Å². The number of nitro groups is 1. The SMILES string of the molecule is CCn1ncc(Cl)c1/C=C/C(=O)c1nn(C)cc1[N+](=O)[O-]. The van der Waals surface area contributed by atoms with Crippen LogP contribution in [0.15, 0.2) is 18.5 Å². The number of nitrogens with zero attached hydrogens (tertiary/aromatic N) is 5. The Morgan fingerprint density at radius 3 is 2.90 bits per heavy atom. The van der Waals surface area contributed by atoms with Crippen LogP contribution in [0.5, 0.6) is 0 Å². The van der Waals surface area contributed by atoms with Gasteiger partial charge in [0.2, 0.25) is 11.5 Å². The van der Waals surface area contributed by atoms with Gasteiger partial charge in [-0.05, 0) is 19.1 Å². The first-order valence-electron chi connectivity index (χ1n) is 6.05. The van der Waals surface area contributed by atoms with Crippen LogP contribution in [0.1, 0.15) is 23.1 Å². The fourth-order valence-corrected chi connectivity index (χ4v) is 2.01. The van der Waals surface area contributed by atoms with E-state index in [1.807, 2.05) is 6.92 Å². The van der Waals surface area contributed by atoms with E-state index in [1.54, 1.807) is 4.68 Å². The molecule has 0 unspecified atom stereocenters. The lowest BCUT2D eigenvalue weighted by Gasteiger charge is -1.99. The Balaban J connectivity index is 2.32. The Bertz CT molecular complexity index is 731. The quantitative estimate of drug-likeness (QED) is 0.365. The molecule has 2 rings (SSSR count). The number of hydrogen-bond donors (Lipinski definition) is 0. The lowest BCUT2D eigenvalue weighted by molar-refractivity contribution is -0.385. The molecule has 2 heterocycles. The molecule has 0 saturated carbocycles. The molecular weight excluding hydrogens is 298 g/mol. The molecule has 0 amide bonds. The second kappa shape index (κ2) is 5.88. The average Bonchev–Trinajstić information content (AvgIpc) is 2.99. The first-order valence-corrected chi connectivity index (χ1v) is 6.43. The Morgan fingerprint density at radius 2 is 2.29 bits per heavy atom. The maximum Gasteiger partial charge on any atom is 0.318 e. The third-order valence-electron chi connectivity index (χ3n) is 2.76. The van der Waals surface area contributed by atoms with Crippen molar-refractivity contribution in [2.45, 2.75) is 13.5 Å². The van der Waals surface area contributed by atoms with E-state index in [9.17, 15) is 14.9 Å². The number of halogens is 1. The average molecular weight is 310 g/mol. The molecule has 2 aromatic rings. The van der Waals surface area contributed by atoms with Crippen molar-refractivity contribution in [1.29, 1.82) is 0 Å². The predicted molar refractivity (Wildman–Crippen MR) is 76.1 cm³/mol. The molecule has 21 heavy (non-hydrogen) atoms. The van der Waals surface area contributed by atoms with E-state index in [-0.39, 0.29) is 11.4 Å². The summed E-state index contributed by atoms with van der Waals surface area (Å²) in [6, 6.07) is 0. The van der Waals surface area contributed by atoms with Gasteiger partial charge in [0.15, 0.2) is 0 Å². The highest BCUT2D eigenvalue weighted by atomic mass is 35.5. The Morgan fingerprint density at radius 1 is 1.57 bits per heavy atom.